The normalized spacial score (nSPS) is 12.7. The van der Waals surface area contributed by atoms with Gasteiger partial charge in [-0.2, -0.15) is 0 Å². The molecule has 1 aliphatic carbocycles. The molecule has 0 spiro atoms. The number of anilines is 1. The van der Waals surface area contributed by atoms with Crippen LogP contribution in [0.1, 0.15) is 25.0 Å². The van der Waals surface area contributed by atoms with Gasteiger partial charge in [-0.25, -0.2) is 13.4 Å². The largest absolute Gasteiger partial charge is 0.301 e. The zero-order chi connectivity index (χ0) is 20.6. The Morgan fingerprint density at radius 2 is 1.90 bits per heavy atom. The first-order chi connectivity index (χ1) is 13.8. The van der Waals surface area contributed by atoms with Crippen LogP contribution in [0.3, 0.4) is 0 Å². The number of fused-ring (bicyclic) bond motifs is 3. The van der Waals surface area contributed by atoms with Crippen molar-refractivity contribution in [3.8, 4) is 22.4 Å². The molecule has 5 nitrogen and oxygen atoms in total. The Morgan fingerprint density at radius 1 is 1.14 bits per heavy atom. The fourth-order valence-corrected chi connectivity index (χ4v) is 6.03. The van der Waals surface area contributed by atoms with E-state index in [2.05, 4.69) is 46.7 Å². The monoisotopic (exact) mass is 426 g/mol. The molecule has 2 aromatic carbocycles. The Balaban J connectivity index is 1.48. The summed E-state index contributed by atoms with van der Waals surface area (Å²) in [5, 5.41) is 4.90. The molecule has 0 atom stereocenters. The second-order valence-corrected chi connectivity index (χ2v) is 10.7. The summed E-state index contributed by atoms with van der Waals surface area (Å²) in [7, 11) is -3.41. The maximum absolute atomic E-state index is 12.1. The molecule has 0 saturated heterocycles. The molecule has 1 aliphatic rings. The van der Waals surface area contributed by atoms with Gasteiger partial charge >= 0.3 is 0 Å². The summed E-state index contributed by atoms with van der Waals surface area (Å²) in [6.07, 6.45) is 0.904. The molecule has 3 aromatic rings. The highest BCUT2D eigenvalue weighted by molar-refractivity contribution is 7.92. The topological polar surface area (TPSA) is 76.1 Å². The Labute approximate surface area is 174 Å². The molecular formula is C22H22N2O3S2. The summed E-state index contributed by atoms with van der Waals surface area (Å²) in [4.78, 5) is 16.6. The van der Waals surface area contributed by atoms with Crippen molar-refractivity contribution in [2.75, 3.05) is 16.8 Å². The van der Waals surface area contributed by atoms with Gasteiger partial charge in [0.1, 0.15) is 5.75 Å². The lowest BCUT2D eigenvalue weighted by molar-refractivity contribution is -0.113. The van der Waals surface area contributed by atoms with E-state index in [0.717, 1.165) is 17.7 Å². The van der Waals surface area contributed by atoms with Crippen LogP contribution in [0.4, 0.5) is 5.13 Å². The minimum atomic E-state index is -3.41. The molecular weight excluding hydrogens is 404 g/mol. The molecule has 7 heteroatoms. The molecule has 1 heterocycles. The van der Waals surface area contributed by atoms with Crippen molar-refractivity contribution in [3.63, 3.8) is 0 Å². The van der Waals surface area contributed by atoms with Gasteiger partial charge in [0.2, 0.25) is 5.91 Å². The van der Waals surface area contributed by atoms with Gasteiger partial charge in [0.25, 0.3) is 0 Å². The quantitative estimate of drug-likeness (QED) is 0.496. The van der Waals surface area contributed by atoms with Crippen molar-refractivity contribution >= 4 is 32.2 Å². The SMILES string of the molecule is CC(C)CS(=O)(=O)CC(=O)Nc1nc(-c2ccc3c(c2)Cc2ccccc2-3)cs1. The first-order valence-corrected chi connectivity index (χ1v) is 12.2. The highest BCUT2D eigenvalue weighted by Crippen LogP contribution is 2.38. The third-order valence-corrected chi connectivity index (χ3v) is 7.41. The molecule has 4 rings (SSSR count). The molecule has 0 aliphatic heterocycles. The third-order valence-electron chi connectivity index (χ3n) is 4.78. The second-order valence-electron chi connectivity index (χ2n) is 7.74. The van der Waals surface area contributed by atoms with Crippen LogP contribution in [0, 0.1) is 5.92 Å². The van der Waals surface area contributed by atoms with Crippen molar-refractivity contribution in [3.05, 3.63) is 59.0 Å². The summed E-state index contributed by atoms with van der Waals surface area (Å²) < 4.78 is 24.0. The van der Waals surface area contributed by atoms with E-state index in [1.807, 2.05) is 25.3 Å². The first-order valence-electron chi connectivity index (χ1n) is 9.48. The predicted molar refractivity (Wildman–Crippen MR) is 118 cm³/mol. The number of aromatic nitrogens is 1. The fourth-order valence-electron chi connectivity index (χ4n) is 3.69. The third kappa shape index (κ3) is 4.41. The van der Waals surface area contributed by atoms with Gasteiger partial charge in [-0.05, 0) is 40.7 Å². The Kier molecular flexibility index (Phi) is 5.27. The smallest absolute Gasteiger partial charge is 0.241 e. The average molecular weight is 427 g/mol. The standard InChI is InChI=1S/C22H22N2O3S2/c1-14(2)12-29(26,27)13-21(25)24-22-23-20(11-28-22)16-7-8-19-17(10-16)9-15-5-3-4-6-18(15)19/h3-8,10-11,14H,9,12-13H2,1-2H3,(H,23,24,25). The number of hydrogen-bond acceptors (Lipinski definition) is 5. The number of carbonyl (C=O) groups excluding carboxylic acids is 1. The molecule has 0 bridgehead atoms. The van der Waals surface area contributed by atoms with Crippen molar-refractivity contribution in [2.45, 2.75) is 20.3 Å². The van der Waals surface area contributed by atoms with Crippen LogP contribution in [-0.2, 0) is 21.1 Å². The van der Waals surface area contributed by atoms with E-state index in [9.17, 15) is 13.2 Å². The van der Waals surface area contributed by atoms with Crippen molar-refractivity contribution in [2.24, 2.45) is 5.92 Å². The highest BCUT2D eigenvalue weighted by Gasteiger charge is 2.20. The van der Waals surface area contributed by atoms with Crippen molar-refractivity contribution < 1.29 is 13.2 Å². The Morgan fingerprint density at radius 3 is 2.69 bits per heavy atom. The van der Waals surface area contributed by atoms with Crippen molar-refractivity contribution in [1.82, 2.24) is 4.98 Å². The minimum absolute atomic E-state index is 0.00105. The average Bonchev–Trinajstić information content (AvgIpc) is 3.23. The number of amides is 1. The van der Waals surface area contributed by atoms with Gasteiger partial charge in [-0.3, -0.25) is 4.79 Å². The number of sulfone groups is 1. The van der Waals surface area contributed by atoms with E-state index in [0.29, 0.717) is 5.13 Å². The summed E-state index contributed by atoms with van der Waals surface area (Å²) in [5.74, 6) is -1.07. The summed E-state index contributed by atoms with van der Waals surface area (Å²) in [5.41, 5.74) is 6.89. The van der Waals surface area contributed by atoms with Gasteiger partial charge in [0.05, 0.1) is 11.4 Å². The van der Waals surface area contributed by atoms with Crippen LogP contribution in [0.2, 0.25) is 0 Å². The number of benzene rings is 2. The first kappa shape index (κ1) is 19.8. The van der Waals surface area contributed by atoms with E-state index >= 15 is 0 Å². The van der Waals surface area contributed by atoms with Gasteiger partial charge in [0, 0.05) is 10.9 Å². The van der Waals surface area contributed by atoms with Gasteiger partial charge < -0.3 is 5.32 Å². The fraction of sp³-hybridized carbons (Fsp3) is 0.273. The number of rotatable bonds is 6. The summed E-state index contributed by atoms with van der Waals surface area (Å²) in [6.45, 7) is 3.63. The van der Waals surface area contributed by atoms with Crippen LogP contribution >= 0.6 is 11.3 Å². The lowest BCUT2D eigenvalue weighted by Gasteiger charge is -2.06. The van der Waals surface area contributed by atoms with Crippen LogP contribution in [0.15, 0.2) is 47.8 Å². The van der Waals surface area contributed by atoms with E-state index < -0.39 is 21.5 Å². The van der Waals surface area contributed by atoms with Crippen LogP contribution < -0.4 is 5.32 Å². The number of carbonyl (C=O) groups is 1. The molecule has 1 amide bonds. The molecule has 0 radical (unpaired) electrons. The molecule has 0 unspecified atom stereocenters. The van der Waals surface area contributed by atoms with E-state index in [1.165, 1.54) is 33.6 Å². The van der Waals surface area contributed by atoms with E-state index in [4.69, 9.17) is 0 Å². The number of thiazole rings is 1. The van der Waals surface area contributed by atoms with Crippen LogP contribution in [-0.4, -0.2) is 30.8 Å². The van der Waals surface area contributed by atoms with E-state index in [-0.39, 0.29) is 11.7 Å². The zero-order valence-corrected chi connectivity index (χ0v) is 17.9. The van der Waals surface area contributed by atoms with E-state index in [1.54, 1.807) is 0 Å². The molecule has 0 saturated carbocycles. The summed E-state index contributed by atoms with van der Waals surface area (Å²) >= 11 is 1.30. The second kappa shape index (κ2) is 7.72. The molecule has 150 valence electrons. The van der Waals surface area contributed by atoms with Crippen LogP contribution in [0.5, 0.6) is 0 Å². The number of nitrogens with zero attached hydrogens (tertiary/aromatic N) is 1. The highest BCUT2D eigenvalue weighted by atomic mass is 32.2. The molecule has 1 N–H and O–H groups in total. The lowest BCUT2D eigenvalue weighted by Crippen LogP contribution is -2.26. The Bertz CT molecular complexity index is 1180. The number of hydrogen-bond donors (Lipinski definition) is 1. The lowest BCUT2D eigenvalue weighted by atomic mass is 10.0. The molecule has 0 fully saturated rings. The zero-order valence-electron chi connectivity index (χ0n) is 16.3. The van der Waals surface area contributed by atoms with Crippen molar-refractivity contribution in [1.29, 1.82) is 0 Å². The maximum atomic E-state index is 12.1. The number of nitrogens with one attached hydrogen (secondary N) is 1. The maximum Gasteiger partial charge on any atom is 0.241 e. The van der Waals surface area contributed by atoms with Gasteiger partial charge in [-0.15, -0.1) is 11.3 Å². The van der Waals surface area contributed by atoms with Gasteiger partial charge in [-0.1, -0.05) is 50.2 Å². The summed E-state index contributed by atoms with van der Waals surface area (Å²) in [6, 6.07) is 14.7. The van der Waals surface area contributed by atoms with Gasteiger partial charge in [0.15, 0.2) is 15.0 Å². The molecule has 1 aromatic heterocycles. The van der Waals surface area contributed by atoms with Crippen LogP contribution in [0.25, 0.3) is 22.4 Å². The minimum Gasteiger partial charge on any atom is -0.301 e. The Hall–Kier alpha value is -2.51. The molecule has 29 heavy (non-hydrogen) atoms. The predicted octanol–water partition coefficient (Wildman–Crippen LogP) is 4.39.